The molecule has 1 unspecified atom stereocenters. The zero-order valence-electron chi connectivity index (χ0n) is 12.0. The van der Waals surface area contributed by atoms with E-state index in [1.807, 2.05) is 18.2 Å². The van der Waals surface area contributed by atoms with E-state index in [0.29, 0.717) is 6.04 Å². The SMILES string of the molecule is COc1ccccc1CC1CCCN1CCCC(=O)O. The van der Waals surface area contributed by atoms with Gasteiger partial charge in [-0.15, -0.1) is 0 Å². The van der Waals surface area contributed by atoms with Crippen LogP contribution in [0.15, 0.2) is 24.3 Å². The Bertz CT molecular complexity index is 447. The standard InChI is InChI=1S/C16H23NO3/c1-20-15-8-3-2-6-13(15)12-14-7-4-10-17(14)11-5-9-16(18)19/h2-3,6,8,14H,4-5,7,9-12H2,1H3,(H,18,19). The van der Waals surface area contributed by atoms with Crippen LogP contribution in [0.4, 0.5) is 0 Å². The molecule has 4 heteroatoms. The average Bonchev–Trinajstić information content (AvgIpc) is 2.86. The molecule has 1 aromatic carbocycles. The number of likely N-dealkylation sites (tertiary alicyclic amines) is 1. The summed E-state index contributed by atoms with van der Waals surface area (Å²) in [6.07, 6.45) is 4.37. The van der Waals surface area contributed by atoms with Gasteiger partial charge in [0.25, 0.3) is 0 Å². The Morgan fingerprint density at radius 2 is 2.25 bits per heavy atom. The molecule has 110 valence electrons. The van der Waals surface area contributed by atoms with Gasteiger partial charge in [-0.05, 0) is 50.4 Å². The third-order valence-electron chi connectivity index (χ3n) is 3.98. The molecule has 1 heterocycles. The van der Waals surface area contributed by atoms with Gasteiger partial charge >= 0.3 is 5.97 Å². The van der Waals surface area contributed by atoms with Gasteiger partial charge in [0.2, 0.25) is 0 Å². The van der Waals surface area contributed by atoms with Crippen LogP contribution in [0.3, 0.4) is 0 Å². The minimum atomic E-state index is -0.703. The maximum Gasteiger partial charge on any atom is 0.303 e. The second kappa shape index (κ2) is 7.29. The Labute approximate surface area is 120 Å². The number of hydrogen-bond acceptors (Lipinski definition) is 3. The molecule has 0 aliphatic carbocycles. The van der Waals surface area contributed by atoms with Crippen LogP contribution in [-0.2, 0) is 11.2 Å². The van der Waals surface area contributed by atoms with E-state index >= 15 is 0 Å². The van der Waals surface area contributed by atoms with Gasteiger partial charge in [-0.1, -0.05) is 18.2 Å². The van der Waals surface area contributed by atoms with Crippen molar-refractivity contribution in [3.63, 3.8) is 0 Å². The number of aliphatic carboxylic acids is 1. The zero-order valence-corrected chi connectivity index (χ0v) is 12.0. The van der Waals surface area contributed by atoms with E-state index in [0.717, 1.165) is 31.7 Å². The summed E-state index contributed by atoms with van der Waals surface area (Å²) in [5.74, 6) is 0.246. The predicted molar refractivity (Wildman–Crippen MR) is 78.2 cm³/mol. The highest BCUT2D eigenvalue weighted by Gasteiger charge is 2.25. The van der Waals surface area contributed by atoms with Gasteiger partial charge in [0, 0.05) is 12.5 Å². The molecule has 2 rings (SSSR count). The van der Waals surface area contributed by atoms with Crippen LogP contribution in [0, 0.1) is 0 Å². The Hall–Kier alpha value is -1.55. The van der Waals surface area contributed by atoms with Crippen LogP contribution in [0.5, 0.6) is 5.75 Å². The van der Waals surface area contributed by atoms with Crippen molar-refractivity contribution in [2.75, 3.05) is 20.2 Å². The second-order valence-corrected chi connectivity index (χ2v) is 5.35. The lowest BCUT2D eigenvalue weighted by Crippen LogP contribution is -2.32. The van der Waals surface area contributed by atoms with Crippen molar-refractivity contribution in [3.8, 4) is 5.75 Å². The first kappa shape index (κ1) is 14.9. The Balaban J connectivity index is 1.92. The average molecular weight is 277 g/mol. The minimum absolute atomic E-state index is 0.262. The van der Waals surface area contributed by atoms with Gasteiger partial charge < -0.3 is 14.7 Å². The van der Waals surface area contributed by atoms with Crippen molar-refractivity contribution in [1.82, 2.24) is 4.90 Å². The van der Waals surface area contributed by atoms with E-state index in [4.69, 9.17) is 9.84 Å². The number of hydrogen-bond donors (Lipinski definition) is 1. The zero-order chi connectivity index (χ0) is 14.4. The number of methoxy groups -OCH3 is 1. The quantitative estimate of drug-likeness (QED) is 0.832. The van der Waals surface area contributed by atoms with Crippen LogP contribution >= 0.6 is 0 Å². The first-order valence-corrected chi connectivity index (χ1v) is 7.28. The number of para-hydroxylation sites is 1. The highest BCUT2D eigenvalue weighted by atomic mass is 16.5. The second-order valence-electron chi connectivity index (χ2n) is 5.35. The number of rotatable bonds is 7. The number of benzene rings is 1. The summed E-state index contributed by atoms with van der Waals surface area (Å²) < 4.78 is 5.41. The summed E-state index contributed by atoms with van der Waals surface area (Å²) in [4.78, 5) is 13.0. The molecule has 20 heavy (non-hydrogen) atoms. The van der Waals surface area contributed by atoms with Crippen molar-refractivity contribution in [2.24, 2.45) is 0 Å². The fourth-order valence-corrected chi connectivity index (χ4v) is 2.98. The Morgan fingerprint density at radius 1 is 1.45 bits per heavy atom. The lowest BCUT2D eigenvalue weighted by atomic mass is 10.0. The van der Waals surface area contributed by atoms with Gasteiger partial charge in [0.05, 0.1) is 7.11 Å². The molecular weight excluding hydrogens is 254 g/mol. The molecule has 1 aromatic rings. The van der Waals surface area contributed by atoms with E-state index in [1.165, 1.54) is 18.4 Å². The van der Waals surface area contributed by atoms with E-state index in [2.05, 4.69) is 11.0 Å². The van der Waals surface area contributed by atoms with E-state index in [-0.39, 0.29) is 6.42 Å². The Kier molecular flexibility index (Phi) is 5.41. The number of ether oxygens (including phenoxy) is 1. The molecule has 1 aliphatic heterocycles. The highest BCUT2D eigenvalue weighted by Crippen LogP contribution is 2.26. The van der Waals surface area contributed by atoms with E-state index < -0.39 is 5.97 Å². The van der Waals surface area contributed by atoms with Crippen molar-refractivity contribution in [2.45, 2.75) is 38.1 Å². The fraction of sp³-hybridized carbons (Fsp3) is 0.562. The van der Waals surface area contributed by atoms with Gasteiger partial charge in [0.15, 0.2) is 0 Å². The van der Waals surface area contributed by atoms with Gasteiger partial charge in [-0.25, -0.2) is 0 Å². The largest absolute Gasteiger partial charge is 0.496 e. The third-order valence-corrected chi connectivity index (χ3v) is 3.98. The van der Waals surface area contributed by atoms with Crippen molar-refractivity contribution in [3.05, 3.63) is 29.8 Å². The molecule has 1 atom stereocenters. The normalized spacial score (nSPS) is 19.1. The summed E-state index contributed by atoms with van der Waals surface area (Å²) in [6.45, 7) is 1.96. The van der Waals surface area contributed by atoms with E-state index in [9.17, 15) is 4.79 Å². The van der Waals surface area contributed by atoms with Crippen molar-refractivity contribution >= 4 is 5.97 Å². The van der Waals surface area contributed by atoms with Crippen LogP contribution in [0.2, 0.25) is 0 Å². The third kappa shape index (κ3) is 3.97. The van der Waals surface area contributed by atoms with Gasteiger partial charge in [-0.2, -0.15) is 0 Å². The molecule has 0 aromatic heterocycles. The molecule has 4 nitrogen and oxygen atoms in total. The molecule has 0 amide bonds. The summed E-state index contributed by atoms with van der Waals surface area (Å²) >= 11 is 0. The molecule has 0 spiro atoms. The summed E-state index contributed by atoms with van der Waals surface area (Å²) in [7, 11) is 1.71. The molecule has 1 aliphatic rings. The number of carboxylic acid groups (broad SMARTS) is 1. The first-order valence-electron chi connectivity index (χ1n) is 7.28. The molecule has 0 bridgehead atoms. The molecule has 1 fully saturated rings. The molecule has 0 radical (unpaired) electrons. The summed E-state index contributed by atoms with van der Waals surface area (Å²) in [6, 6.07) is 8.66. The lowest BCUT2D eigenvalue weighted by Gasteiger charge is -2.24. The lowest BCUT2D eigenvalue weighted by molar-refractivity contribution is -0.137. The van der Waals surface area contributed by atoms with Crippen LogP contribution < -0.4 is 4.74 Å². The smallest absolute Gasteiger partial charge is 0.303 e. The fourth-order valence-electron chi connectivity index (χ4n) is 2.98. The number of carboxylic acids is 1. The van der Waals surface area contributed by atoms with Crippen molar-refractivity contribution < 1.29 is 14.6 Å². The summed E-state index contributed by atoms with van der Waals surface area (Å²) in [5.41, 5.74) is 1.24. The van der Waals surface area contributed by atoms with Gasteiger partial charge in [0.1, 0.15) is 5.75 Å². The highest BCUT2D eigenvalue weighted by molar-refractivity contribution is 5.66. The molecular formula is C16H23NO3. The number of carbonyl (C=O) groups is 1. The van der Waals surface area contributed by atoms with Gasteiger partial charge in [-0.3, -0.25) is 4.79 Å². The molecule has 0 saturated carbocycles. The maximum absolute atomic E-state index is 10.6. The van der Waals surface area contributed by atoms with Crippen LogP contribution in [0.25, 0.3) is 0 Å². The topological polar surface area (TPSA) is 49.8 Å². The summed E-state index contributed by atoms with van der Waals surface area (Å²) in [5, 5.41) is 8.72. The Morgan fingerprint density at radius 3 is 3.00 bits per heavy atom. The molecule has 1 N–H and O–H groups in total. The van der Waals surface area contributed by atoms with E-state index in [1.54, 1.807) is 7.11 Å². The molecule has 1 saturated heterocycles. The van der Waals surface area contributed by atoms with Crippen LogP contribution in [-0.4, -0.2) is 42.2 Å². The number of nitrogens with zero attached hydrogens (tertiary/aromatic N) is 1. The van der Waals surface area contributed by atoms with Crippen LogP contribution in [0.1, 0.15) is 31.2 Å². The first-order chi connectivity index (χ1) is 9.70. The maximum atomic E-state index is 10.6. The van der Waals surface area contributed by atoms with Crippen molar-refractivity contribution in [1.29, 1.82) is 0 Å². The predicted octanol–water partition coefficient (Wildman–Crippen LogP) is 2.57. The minimum Gasteiger partial charge on any atom is -0.496 e. The monoisotopic (exact) mass is 277 g/mol.